The van der Waals surface area contributed by atoms with Crippen molar-refractivity contribution < 1.29 is 24.5 Å². The maximum Gasteiger partial charge on any atom is 0.335 e. The number of carboxylic acid groups (broad SMARTS) is 2. The number of para-hydroxylation sites is 1. The van der Waals surface area contributed by atoms with Gasteiger partial charge in [0.05, 0.1) is 5.56 Å². The molecule has 1 saturated carbocycles. The Morgan fingerprint density at radius 2 is 1.55 bits per heavy atom. The molecule has 2 N–H and O–H groups in total. The number of rotatable bonds is 14. The Labute approximate surface area is 237 Å². The summed E-state index contributed by atoms with van der Waals surface area (Å²) in [5, 5.41) is 18.2. The normalized spacial score (nSPS) is 14.7. The largest absolute Gasteiger partial charge is 0.488 e. The minimum Gasteiger partial charge on any atom is -0.488 e. The molecule has 1 atom stereocenters. The monoisotopic (exact) mass is 540 g/mol. The van der Waals surface area contributed by atoms with E-state index in [1.807, 2.05) is 36.4 Å². The van der Waals surface area contributed by atoms with E-state index in [9.17, 15) is 14.7 Å². The molecule has 0 aromatic heterocycles. The lowest BCUT2D eigenvalue weighted by molar-refractivity contribution is -0.137. The Morgan fingerprint density at radius 1 is 0.850 bits per heavy atom. The molecule has 1 aliphatic rings. The molecule has 0 amide bonds. The first kappa shape index (κ1) is 29.1. The number of hydrogen-bond acceptors (Lipinski definition) is 3. The second kappa shape index (κ2) is 15.1. The van der Waals surface area contributed by atoms with Crippen molar-refractivity contribution in [1.29, 1.82) is 0 Å². The summed E-state index contributed by atoms with van der Waals surface area (Å²) in [5.41, 5.74) is 4.92. The number of carboxylic acids is 2. The number of allylic oxidation sites excluding steroid dienone is 1. The number of hydrogen-bond donors (Lipinski definition) is 2. The minimum absolute atomic E-state index is 0.169. The SMILES string of the molecule is O=C(O)CCCCC(C=Cc1ccccc1OCc1ccc(C2CCCCC2)cc1)Cc1ccc(C(=O)O)cc1. The molecule has 4 rings (SSSR count). The number of benzene rings is 3. The van der Waals surface area contributed by atoms with Crippen molar-refractivity contribution in [2.45, 2.75) is 76.7 Å². The summed E-state index contributed by atoms with van der Waals surface area (Å²) in [6.45, 7) is 0.504. The molecule has 0 bridgehead atoms. The summed E-state index contributed by atoms with van der Waals surface area (Å²) in [4.78, 5) is 22.2. The number of aromatic carboxylic acids is 1. The van der Waals surface area contributed by atoms with Crippen LogP contribution in [0.5, 0.6) is 5.75 Å². The number of aliphatic carboxylic acids is 1. The minimum atomic E-state index is -0.937. The van der Waals surface area contributed by atoms with Gasteiger partial charge < -0.3 is 14.9 Å². The summed E-state index contributed by atoms with van der Waals surface area (Å²) < 4.78 is 6.25. The van der Waals surface area contributed by atoms with Gasteiger partial charge in [-0.1, -0.05) is 92.4 Å². The Kier molecular flexibility index (Phi) is 11.0. The van der Waals surface area contributed by atoms with Crippen molar-refractivity contribution in [1.82, 2.24) is 0 Å². The predicted molar refractivity (Wildman–Crippen MR) is 159 cm³/mol. The van der Waals surface area contributed by atoms with E-state index >= 15 is 0 Å². The summed E-state index contributed by atoms with van der Waals surface area (Å²) in [6, 6.07) is 23.9. The molecular formula is C35H40O5. The van der Waals surface area contributed by atoms with Gasteiger partial charge in [0, 0.05) is 12.0 Å². The Bertz CT molecular complexity index is 1250. The third-order valence-electron chi connectivity index (χ3n) is 7.83. The number of unbranched alkanes of at least 4 members (excludes halogenated alkanes) is 1. The van der Waals surface area contributed by atoms with Crippen LogP contribution in [-0.4, -0.2) is 22.2 Å². The van der Waals surface area contributed by atoms with Gasteiger partial charge in [-0.2, -0.15) is 0 Å². The summed E-state index contributed by atoms with van der Waals surface area (Å²) in [6.07, 6.45) is 14.1. The molecule has 0 heterocycles. The topological polar surface area (TPSA) is 83.8 Å². The van der Waals surface area contributed by atoms with E-state index in [2.05, 4.69) is 36.4 Å². The molecule has 1 aliphatic carbocycles. The third kappa shape index (κ3) is 9.11. The highest BCUT2D eigenvalue weighted by atomic mass is 16.5. The number of ether oxygens (including phenoxy) is 1. The van der Waals surface area contributed by atoms with E-state index < -0.39 is 11.9 Å². The zero-order valence-corrected chi connectivity index (χ0v) is 23.1. The fraction of sp³-hybridized carbons (Fsp3) is 0.371. The first-order valence-corrected chi connectivity index (χ1v) is 14.5. The summed E-state index contributed by atoms with van der Waals surface area (Å²) in [7, 11) is 0. The maximum absolute atomic E-state index is 11.2. The van der Waals surface area contributed by atoms with E-state index in [1.165, 1.54) is 37.7 Å². The molecule has 5 heteroatoms. The quantitative estimate of drug-likeness (QED) is 0.200. The molecule has 5 nitrogen and oxygen atoms in total. The molecular weight excluding hydrogens is 500 g/mol. The Morgan fingerprint density at radius 3 is 2.25 bits per heavy atom. The predicted octanol–water partition coefficient (Wildman–Crippen LogP) is 8.53. The van der Waals surface area contributed by atoms with Crippen molar-refractivity contribution in [3.8, 4) is 5.75 Å². The van der Waals surface area contributed by atoms with Crippen LogP contribution < -0.4 is 4.74 Å². The maximum atomic E-state index is 11.2. The van der Waals surface area contributed by atoms with Gasteiger partial charge in [0.2, 0.25) is 0 Å². The zero-order valence-electron chi connectivity index (χ0n) is 23.1. The first-order chi connectivity index (χ1) is 19.5. The van der Waals surface area contributed by atoms with Crippen LogP contribution in [0.4, 0.5) is 0 Å². The average molecular weight is 541 g/mol. The second-order valence-corrected chi connectivity index (χ2v) is 10.9. The molecule has 3 aromatic rings. The van der Waals surface area contributed by atoms with Gasteiger partial charge in [0.25, 0.3) is 0 Å². The molecule has 0 radical (unpaired) electrons. The Balaban J connectivity index is 1.40. The smallest absolute Gasteiger partial charge is 0.335 e. The highest BCUT2D eigenvalue weighted by Gasteiger charge is 2.15. The van der Waals surface area contributed by atoms with Crippen molar-refractivity contribution in [2.75, 3.05) is 0 Å². The van der Waals surface area contributed by atoms with Crippen molar-refractivity contribution in [3.05, 3.63) is 107 Å². The van der Waals surface area contributed by atoms with E-state index in [-0.39, 0.29) is 17.9 Å². The molecule has 0 saturated heterocycles. The van der Waals surface area contributed by atoms with Crippen LogP contribution in [-0.2, 0) is 17.8 Å². The van der Waals surface area contributed by atoms with Crippen LogP contribution >= 0.6 is 0 Å². The van der Waals surface area contributed by atoms with Crippen LogP contribution in [0.3, 0.4) is 0 Å². The van der Waals surface area contributed by atoms with Gasteiger partial charge in [-0.25, -0.2) is 4.79 Å². The van der Waals surface area contributed by atoms with Gasteiger partial charge in [-0.05, 0) is 78.8 Å². The lowest BCUT2D eigenvalue weighted by Gasteiger charge is -2.22. The van der Waals surface area contributed by atoms with Crippen LogP contribution in [0.15, 0.2) is 78.9 Å². The van der Waals surface area contributed by atoms with Crippen molar-refractivity contribution in [2.24, 2.45) is 5.92 Å². The van der Waals surface area contributed by atoms with E-state index in [0.717, 1.165) is 41.7 Å². The Hall–Kier alpha value is -3.86. The fourth-order valence-corrected chi connectivity index (χ4v) is 5.51. The van der Waals surface area contributed by atoms with Gasteiger partial charge in [0.15, 0.2) is 0 Å². The molecule has 1 unspecified atom stereocenters. The lowest BCUT2D eigenvalue weighted by atomic mass is 9.84. The summed E-state index contributed by atoms with van der Waals surface area (Å²) in [5.74, 6) is -0.00309. The highest BCUT2D eigenvalue weighted by molar-refractivity contribution is 5.87. The van der Waals surface area contributed by atoms with Crippen molar-refractivity contribution >= 4 is 18.0 Å². The van der Waals surface area contributed by atoms with E-state index in [4.69, 9.17) is 9.84 Å². The van der Waals surface area contributed by atoms with Crippen LogP contribution in [0, 0.1) is 5.92 Å². The van der Waals surface area contributed by atoms with Crippen molar-refractivity contribution in [3.63, 3.8) is 0 Å². The average Bonchev–Trinajstić information content (AvgIpc) is 2.98. The lowest BCUT2D eigenvalue weighted by Crippen LogP contribution is -2.05. The molecule has 40 heavy (non-hydrogen) atoms. The van der Waals surface area contributed by atoms with E-state index in [0.29, 0.717) is 18.9 Å². The highest BCUT2D eigenvalue weighted by Crippen LogP contribution is 2.33. The fourth-order valence-electron chi connectivity index (χ4n) is 5.51. The van der Waals surface area contributed by atoms with Gasteiger partial charge in [-0.3, -0.25) is 4.79 Å². The van der Waals surface area contributed by atoms with Crippen LogP contribution in [0.1, 0.15) is 96.3 Å². The summed E-state index contributed by atoms with van der Waals surface area (Å²) >= 11 is 0. The van der Waals surface area contributed by atoms with Gasteiger partial charge in [-0.15, -0.1) is 0 Å². The molecule has 0 aliphatic heterocycles. The molecule has 0 spiro atoms. The first-order valence-electron chi connectivity index (χ1n) is 14.5. The van der Waals surface area contributed by atoms with Crippen LogP contribution in [0.25, 0.3) is 6.08 Å². The van der Waals surface area contributed by atoms with E-state index in [1.54, 1.807) is 12.1 Å². The second-order valence-electron chi connectivity index (χ2n) is 10.9. The van der Waals surface area contributed by atoms with Gasteiger partial charge >= 0.3 is 11.9 Å². The molecule has 1 fully saturated rings. The standard InChI is InChI=1S/C35H40O5/c36-34(37)13-7-4-8-26(24-27-15-22-32(23-16-27)35(38)39)14-21-31-11-5-6-12-33(31)40-25-28-17-19-30(20-18-28)29-9-2-1-3-10-29/h5-6,11-12,14-23,26,29H,1-4,7-10,13,24-25H2,(H,36,37)(H,38,39). The third-order valence-corrected chi connectivity index (χ3v) is 7.83. The molecule has 3 aromatic carbocycles. The molecule has 210 valence electrons. The van der Waals surface area contributed by atoms with Crippen LogP contribution in [0.2, 0.25) is 0 Å². The van der Waals surface area contributed by atoms with Gasteiger partial charge in [0.1, 0.15) is 12.4 Å². The zero-order chi connectivity index (χ0) is 28.2. The number of carbonyl (C=O) groups is 2.